The van der Waals surface area contributed by atoms with Gasteiger partial charge in [0.15, 0.2) is 0 Å². The molecule has 14 heavy (non-hydrogen) atoms. The summed E-state index contributed by atoms with van der Waals surface area (Å²) in [6.45, 7) is 5.26. The molecule has 1 aromatic rings. The molecule has 1 heterocycles. The highest BCUT2D eigenvalue weighted by molar-refractivity contribution is 5.62. The van der Waals surface area contributed by atoms with Crippen molar-refractivity contribution in [3.63, 3.8) is 0 Å². The van der Waals surface area contributed by atoms with Crippen LogP contribution in [0.1, 0.15) is 25.5 Å². The fourth-order valence-electron chi connectivity index (χ4n) is 2.06. The van der Waals surface area contributed by atoms with Gasteiger partial charge in [0.25, 0.3) is 0 Å². The standard InChI is InChI=1S/C12H16N2/c1-3-14-9(2)8-11(13)10-6-4-5-7-12(10)14/h4-8,11H,3,13H2,1-2H3. The van der Waals surface area contributed by atoms with Gasteiger partial charge in [-0.2, -0.15) is 0 Å². The molecule has 2 heteroatoms. The van der Waals surface area contributed by atoms with Gasteiger partial charge in [-0.15, -0.1) is 0 Å². The molecule has 1 atom stereocenters. The summed E-state index contributed by atoms with van der Waals surface area (Å²) in [7, 11) is 0. The number of anilines is 1. The second kappa shape index (κ2) is 3.46. The van der Waals surface area contributed by atoms with E-state index in [2.05, 4.69) is 43.0 Å². The number of fused-ring (bicyclic) bond motifs is 1. The van der Waals surface area contributed by atoms with Crippen LogP contribution in [-0.2, 0) is 0 Å². The summed E-state index contributed by atoms with van der Waals surface area (Å²) in [5.74, 6) is 0. The van der Waals surface area contributed by atoms with Crippen LogP contribution in [0.15, 0.2) is 36.0 Å². The molecule has 2 rings (SSSR count). The molecular formula is C12H16N2. The highest BCUT2D eigenvalue weighted by Gasteiger charge is 2.19. The van der Waals surface area contributed by atoms with Gasteiger partial charge >= 0.3 is 0 Å². The Morgan fingerprint density at radius 2 is 2.07 bits per heavy atom. The number of para-hydroxylation sites is 1. The van der Waals surface area contributed by atoms with Crippen LogP contribution in [-0.4, -0.2) is 6.54 Å². The Balaban J connectivity index is 2.52. The van der Waals surface area contributed by atoms with Gasteiger partial charge in [-0.05, 0) is 31.6 Å². The number of nitrogens with zero attached hydrogens (tertiary/aromatic N) is 1. The molecule has 74 valence electrons. The lowest BCUT2D eigenvalue weighted by atomic mass is 9.99. The van der Waals surface area contributed by atoms with Crippen LogP contribution >= 0.6 is 0 Å². The van der Waals surface area contributed by atoms with E-state index in [4.69, 9.17) is 5.73 Å². The van der Waals surface area contributed by atoms with E-state index in [1.807, 2.05) is 6.07 Å². The molecule has 0 spiro atoms. The maximum Gasteiger partial charge on any atom is 0.0521 e. The van der Waals surface area contributed by atoms with Crippen LogP contribution in [0.2, 0.25) is 0 Å². The molecule has 2 N–H and O–H groups in total. The normalized spacial score (nSPS) is 20.4. The van der Waals surface area contributed by atoms with E-state index in [0.29, 0.717) is 0 Å². The van der Waals surface area contributed by atoms with E-state index in [9.17, 15) is 0 Å². The predicted octanol–water partition coefficient (Wildman–Crippen LogP) is 2.43. The molecule has 2 nitrogen and oxygen atoms in total. The third kappa shape index (κ3) is 1.32. The minimum Gasteiger partial charge on any atom is -0.346 e. The second-order valence-electron chi connectivity index (χ2n) is 3.64. The van der Waals surface area contributed by atoms with Gasteiger partial charge in [-0.1, -0.05) is 18.2 Å². The van der Waals surface area contributed by atoms with Crippen LogP contribution in [0.3, 0.4) is 0 Å². The summed E-state index contributed by atoms with van der Waals surface area (Å²) < 4.78 is 0. The van der Waals surface area contributed by atoms with E-state index in [0.717, 1.165) is 6.54 Å². The van der Waals surface area contributed by atoms with E-state index in [1.54, 1.807) is 0 Å². The minimum atomic E-state index is 0.0500. The van der Waals surface area contributed by atoms with Gasteiger partial charge in [0.05, 0.1) is 6.04 Å². The Hall–Kier alpha value is -1.28. The summed E-state index contributed by atoms with van der Waals surface area (Å²) in [5, 5.41) is 0. The average molecular weight is 188 g/mol. The maximum absolute atomic E-state index is 6.05. The van der Waals surface area contributed by atoms with Crippen molar-refractivity contribution in [1.82, 2.24) is 0 Å². The van der Waals surface area contributed by atoms with E-state index < -0.39 is 0 Å². The summed E-state index contributed by atoms with van der Waals surface area (Å²) in [4.78, 5) is 2.29. The topological polar surface area (TPSA) is 29.3 Å². The highest BCUT2D eigenvalue weighted by atomic mass is 15.1. The lowest BCUT2D eigenvalue weighted by molar-refractivity contribution is 0.820. The van der Waals surface area contributed by atoms with Crippen LogP contribution < -0.4 is 10.6 Å². The third-order valence-electron chi connectivity index (χ3n) is 2.75. The maximum atomic E-state index is 6.05. The van der Waals surface area contributed by atoms with Crippen molar-refractivity contribution in [2.75, 3.05) is 11.4 Å². The summed E-state index contributed by atoms with van der Waals surface area (Å²) in [6, 6.07) is 8.39. The molecule has 0 aromatic heterocycles. The lowest BCUT2D eigenvalue weighted by Crippen LogP contribution is -2.28. The monoisotopic (exact) mass is 188 g/mol. The predicted molar refractivity (Wildman–Crippen MR) is 60.1 cm³/mol. The SMILES string of the molecule is CCN1C(C)=CC(N)c2ccccc21. The van der Waals surface area contributed by atoms with Gasteiger partial charge < -0.3 is 10.6 Å². The summed E-state index contributed by atoms with van der Waals surface area (Å²) in [6.07, 6.45) is 2.12. The molecule has 0 aliphatic carbocycles. The number of nitrogens with two attached hydrogens (primary N) is 1. The van der Waals surface area contributed by atoms with Gasteiger partial charge in [-0.25, -0.2) is 0 Å². The fourth-order valence-corrected chi connectivity index (χ4v) is 2.06. The minimum absolute atomic E-state index is 0.0500. The van der Waals surface area contributed by atoms with E-state index in [-0.39, 0.29) is 6.04 Å². The summed E-state index contributed by atoms with van der Waals surface area (Å²) >= 11 is 0. The zero-order valence-corrected chi connectivity index (χ0v) is 8.70. The average Bonchev–Trinajstić information content (AvgIpc) is 2.18. The molecule has 0 saturated carbocycles. The lowest BCUT2D eigenvalue weighted by Gasteiger charge is -2.32. The second-order valence-corrected chi connectivity index (χ2v) is 3.64. The molecule has 1 aromatic carbocycles. The van der Waals surface area contributed by atoms with Crippen LogP contribution in [0, 0.1) is 0 Å². The zero-order valence-electron chi connectivity index (χ0n) is 8.70. The van der Waals surface area contributed by atoms with Gasteiger partial charge in [0, 0.05) is 17.9 Å². The Bertz CT molecular complexity index is 368. The number of hydrogen-bond acceptors (Lipinski definition) is 2. The van der Waals surface area contributed by atoms with Crippen molar-refractivity contribution in [2.24, 2.45) is 5.73 Å². The molecule has 1 aliphatic rings. The highest BCUT2D eigenvalue weighted by Crippen LogP contribution is 2.33. The summed E-state index contributed by atoms with van der Waals surface area (Å²) in [5.41, 5.74) is 9.77. The van der Waals surface area contributed by atoms with E-state index in [1.165, 1.54) is 16.9 Å². The largest absolute Gasteiger partial charge is 0.346 e. The van der Waals surface area contributed by atoms with Crippen molar-refractivity contribution in [2.45, 2.75) is 19.9 Å². The first-order valence-electron chi connectivity index (χ1n) is 5.04. The Labute approximate surface area is 85.0 Å². The Morgan fingerprint density at radius 1 is 1.36 bits per heavy atom. The molecule has 0 amide bonds. The van der Waals surface area contributed by atoms with Crippen LogP contribution in [0.4, 0.5) is 5.69 Å². The molecule has 0 fully saturated rings. The van der Waals surface area contributed by atoms with Gasteiger partial charge in [0.1, 0.15) is 0 Å². The van der Waals surface area contributed by atoms with E-state index >= 15 is 0 Å². The first-order chi connectivity index (χ1) is 6.74. The molecular weight excluding hydrogens is 172 g/mol. The van der Waals surface area contributed by atoms with Crippen molar-refractivity contribution < 1.29 is 0 Å². The molecule has 0 bridgehead atoms. The Kier molecular flexibility index (Phi) is 2.30. The Morgan fingerprint density at radius 3 is 2.79 bits per heavy atom. The van der Waals surface area contributed by atoms with Gasteiger partial charge in [-0.3, -0.25) is 0 Å². The first-order valence-corrected chi connectivity index (χ1v) is 5.04. The molecule has 0 radical (unpaired) electrons. The number of rotatable bonds is 1. The van der Waals surface area contributed by atoms with Crippen molar-refractivity contribution in [3.8, 4) is 0 Å². The fraction of sp³-hybridized carbons (Fsp3) is 0.333. The number of hydrogen-bond donors (Lipinski definition) is 1. The van der Waals surface area contributed by atoms with Gasteiger partial charge in [0.2, 0.25) is 0 Å². The van der Waals surface area contributed by atoms with Crippen molar-refractivity contribution >= 4 is 5.69 Å². The number of benzene rings is 1. The number of allylic oxidation sites excluding steroid dienone is 1. The molecule has 1 unspecified atom stereocenters. The van der Waals surface area contributed by atoms with Crippen molar-refractivity contribution in [3.05, 3.63) is 41.6 Å². The quantitative estimate of drug-likeness (QED) is 0.733. The zero-order chi connectivity index (χ0) is 10.1. The smallest absolute Gasteiger partial charge is 0.0521 e. The van der Waals surface area contributed by atoms with Crippen LogP contribution in [0.5, 0.6) is 0 Å². The molecule has 0 saturated heterocycles. The van der Waals surface area contributed by atoms with Crippen molar-refractivity contribution in [1.29, 1.82) is 0 Å². The third-order valence-corrected chi connectivity index (χ3v) is 2.75. The molecule has 1 aliphatic heterocycles. The van der Waals surface area contributed by atoms with Crippen LogP contribution in [0.25, 0.3) is 0 Å². The first kappa shape index (κ1) is 9.28.